The maximum absolute atomic E-state index is 13.0. The third kappa shape index (κ3) is 3.75. The van der Waals surface area contributed by atoms with Crippen LogP contribution in [0.1, 0.15) is 25.7 Å². The van der Waals surface area contributed by atoms with Gasteiger partial charge in [-0.05, 0) is 43.9 Å². The van der Waals surface area contributed by atoms with Crippen LogP contribution in [0.2, 0.25) is 5.02 Å². The number of halogens is 5. The van der Waals surface area contributed by atoms with E-state index in [-0.39, 0.29) is 23.9 Å². The molecule has 0 saturated heterocycles. The van der Waals surface area contributed by atoms with Crippen molar-refractivity contribution < 1.29 is 17.6 Å². The Hall–Kier alpha value is -0.970. The molecule has 106 valence electrons. The Morgan fingerprint density at radius 1 is 1.11 bits per heavy atom. The molecule has 0 atom stereocenters. The van der Waals surface area contributed by atoms with Crippen molar-refractivity contribution in [3.05, 3.63) is 29.0 Å². The van der Waals surface area contributed by atoms with Gasteiger partial charge in [0, 0.05) is 11.7 Å². The van der Waals surface area contributed by atoms with Crippen molar-refractivity contribution in [3.8, 4) is 0 Å². The summed E-state index contributed by atoms with van der Waals surface area (Å²) < 4.78 is 50.5. The SMILES string of the molecule is Fc1ccc(NC2CCC(C(F)(F)F)CC2)cc1Cl. The molecule has 1 aromatic rings. The van der Waals surface area contributed by atoms with Crippen LogP contribution in [0.4, 0.5) is 23.2 Å². The summed E-state index contributed by atoms with van der Waals surface area (Å²) in [5.74, 6) is -1.70. The number of anilines is 1. The van der Waals surface area contributed by atoms with Crippen LogP contribution in [-0.4, -0.2) is 12.2 Å². The Kier molecular flexibility index (Phi) is 4.23. The second-order valence-electron chi connectivity index (χ2n) is 4.86. The fourth-order valence-electron chi connectivity index (χ4n) is 2.39. The third-order valence-corrected chi connectivity index (χ3v) is 3.77. The molecular formula is C13H14ClF4N. The average molecular weight is 296 g/mol. The molecule has 0 bridgehead atoms. The van der Waals surface area contributed by atoms with Crippen molar-refractivity contribution >= 4 is 17.3 Å². The zero-order valence-electron chi connectivity index (χ0n) is 10.1. The van der Waals surface area contributed by atoms with Crippen molar-refractivity contribution in [2.75, 3.05) is 5.32 Å². The van der Waals surface area contributed by atoms with Gasteiger partial charge in [0.25, 0.3) is 0 Å². The molecular weight excluding hydrogens is 282 g/mol. The number of hydrogen-bond donors (Lipinski definition) is 1. The van der Waals surface area contributed by atoms with Gasteiger partial charge in [0.1, 0.15) is 5.82 Å². The molecule has 0 spiro atoms. The Morgan fingerprint density at radius 3 is 2.26 bits per heavy atom. The molecule has 19 heavy (non-hydrogen) atoms. The highest BCUT2D eigenvalue weighted by molar-refractivity contribution is 6.31. The molecule has 0 aliphatic heterocycles. The van der Waals surface area contributed by atoms with Gasteiger partial charge >= 0.3 is 6.18 Å². The van der Waals surface area contributed by atoms with Crippen LogP contribution >= 0.6 is 11.6 Å². The van der Waals surface area contributed by atoms with Crippen molar-refractivity contribution in [1.29, 1.82) is 0 Å². The van der Waals surface area contributed by atoms with Gasteiger partial charge in [-0.1, -0.05) is 11.6 Å². The minimum Gasteiger partial charge on any atom is -0.382 e. The first-order chi connectivity index (χ1) is 8.86. The number of nitrogens with one attached hydrogen (secondary N) is 1. The molecule has 1 N–H and O–H groups in total. The maximum atomic E-state index is 13.0. The molecule has 2 rings (SSSR count). The first-order valence-electron chi connectivity index (χ1n) is 6.14. The number of rotatable bonds is 2. The first-order valence-corrected chi connectivity index (χ1v) is 6.52. The summed E-state index contributed by atoms with van der Waals surface area (Å²) in [6.45, 7) is 0. The smallest absolute Gasteiger partial charge is 0.382 e. The van der Waals surface area contributed by atoms with Crippen molar-refractivity contribution in [2.45, 2.75) is 37.9 Å². The van der Waals surface area contributed by atoms with Crippen molar-refractivity contribution in [2.24, 2.45) is 5.92 Å². The van der Waals surface area contributed by atoms with Gasteiger partial charge in [-0.2, -0.15) is 13.2 Å². The summed E-state index contributed by atoms with van der Waals surface area (Å²) in [6.07, 6.45) is -2.91. The van der Waals surface area contributed by atoms with Gasteiger partial charge in [-0.25, -0.2) is 4.39 Å². The van der Waals surface area contributed by atoms with E-state index in [0.29, 0.717) is 18.5 Å². The van der Waals surface area contributed by atoms with Crippen LogP contribution in [0.25, 0.3) is 0 Å². The molecule has 1 aliphatic rings. The highest BCUT2D eigenvalue weighted by atomic mass is 35.5. The molecule has 1 aliphatic carbocycles. The molecule has 1 fully saturated rings. The summed E-state index contributed by atoms with van der Waals surface area (Å²) in [5, 5.41) is 3.11. The largest absolute Gasteiger partial charge is 0.391 e. The summed E-state index contributed by atoms with van der Waals surface area (Å²) in [4.78, 5) is 0. The maximum Gasteiger partial charge on any atom is 0.391 e. The van der Waals surface area contributed by atoms with Gasteiger partial charge in [-0.15, -0.1) is 0 Å². The minimum atomic E-state index is -4.09. The lowest BCUT2D eigenvalue weighted by atomic mass is 9.85. The Balaban J connectivity index is 1.90. The lowest BCUT2D eigenvalue weighted by Gasteiger charge is -2.30. The third-order valence-electron chi connectivity index (χ3n) is 3.48. The summed E-state index contributed by atoms with van der Waals surface area (Å²) in [6, 6.07) is 4.22. The van der Waals surface area contributed by atoms with Crippen LogP contribution in [-0.2, 0) is 0 Å². The van der Waals surface area contributed by atoms with E-state index in [2.05, 4.69) is 5.32 Å². The topological polar surface area (TPSA) is 12.0 Å². The van der Waals surface area contributed by atoms with Crippen LogP contribution in [0.3, 0.4) is 0 Å². The summed E-state index contributed by atoms with van der Waals surface area (Å²) in [5.41, 5.74) is 0.641. The van der Waals surface area contributed by atoms with Gasteiger partial charge in [-0.3, -0.25) is 0 Å². The fourth-order valence-corrected chi connectivity index (χ4v) is 2.57. The second kappa shape index (κ2) is 5.57. The van der Waals surface area contributed by atoms with Crippen molar-refractivity contribution in [3.63, 3.8) is 0 Å². The number of hydrogen-bond acceptors (Lipinski definition) is 1. The molecule has 1 saturated carbocycles. The van der Waals surface area contributed by atoms with E-state index in [9.17, 15) is 17.6 Å². The zero-order valence-corrected chi connectivity index (χ0v) is 10.9. The molecule has 0 radical (unpaired) electrons. The van der Waals surface area contributed by atoms with E-state index in [1.54, 1.807) is 0 Å². The van der Waals surface area contributed by atoms with Crippen LogP contribution in [0.15, 0.2) is 18.2 Å². The molecule has 0 amide bonds. The summed E-state index contributed by atoms with van der Waals surface area (Å²) >= 11 is 5.65. The number of benzene rings is 1. The lowest BCUT2D eigenvalue weighted by Crippen LogP contribution is -2.32. The first kappa shape index (κ1) is 14.4. The predicted molar refractivity (Wildman–Crippen MR) is 66.8 cm³/mol. The Labute approximate surface area is 113 Å². The molecule has 1 aromatic carbocycles. The second-order valence-corrected chi connectivity index (χ2v) is 5.27. The van der Waals surface area contributed by atoms with Gasteiger partial charge in [0.15, 0.2) is 0 Å². The van der Waals surface area contributed by atoms with Crippen LogP contribution < -0.4 is 5.32 Å². The molecule has 6 heteroatoms. The highest BCUT2D eigenvalue weighted by Crippen LogP contribution is 2.38. The van der Waals surface area contributed by atoms with E-state index < -0.39 is 17.9 Å². The molecule has 0 unspecified atom stereocenters. The quantitative estimate of drug-likeness (QED) is 0.756. The molecule has 1 nitrogen and oxygen atoms in total. The zero-order chi connectivity index (χ0) is 14.0. The summed E-state index contributed by atoms with van der Waals surface area (Å²) in [7, 11) is 0. The van der Waals surface area contributed by atoms with E-state index in [1.165, 1.54) is 18.2 Å². The van der Waals surface area contributed by atoms with E-state index >= 15 is 0 Å². The normalized spacial score (nSPS) is 24.3. The minimum absolute atomic E-state index is 0.00831. The standard InChI is InChI=1S/C13H14ClF4N/c14-11-7-10(5-6-12(11)15)19-9-3-1-8(2-4-9)13(16,17)18/h5-9,19H,1-4H2. The monoisotopic (exact) mass is 295 g/mol. The number of alkyl halides is 3. The predicted octanol–water partition coefficient (Wildman–Crippen LogP) is 5.01. The fraction of sp³-hybridized carbons (Fsp3) is 0.538. The van der Waals surface area contributed by atoms with Gasteiger partial charge < -0.3 is 5.32 Å². The molecule has 0 heterocycles. The van der Waals surface area contributed by atoms with Crippen LogP contribution in [0.5, 0.6) is 0 Å². The van der Waals surface area contributed by atoms with E-state index in [0.717, 1.165) is 0 Å². The Morgan fingerprint density at radius 2 is 1.74 bits per heavy atom. The van der Waals surface area contributed by atoms with Gasteiger partial charge in [0.05, 0.1) is 10.9 Å². The lowest BCUT2D eigenvalue weighted by molar-refractivity contribution is -0.182. The van der Waals surface area contributed by atoms with Crippen LogP contribution in [0, 0.1) is 11.7 Å². The van der Waals surface area contributed by atoms with E-state index in [1.807, 2.05) is 0 Å². The average Bonchev–Trinajstić information content (AvgIpc) is 2.33. The van der Waals surface area contributed by atoms with Gasteiger partial charge in [0.2, 0.25) is 0 Å². The van der Waals surface area contributed by atoms with Crippen molar-refractivity contribution in [1.82, 2.24) is 0 Å². The molecule has 0 aromatic heterocycles. The Bertz CT molecular complexity index is 439. The highest BCUT2D eigenvalue weighted by Gasteiger charge is 2.41. The van der Waals surface area contributed by atoms with E-state index in [4.69, 9.17) is 11.6 Å².